The molecule has 2 rings (SSSR count). The van der Waals surface area contributed by atoms with Crippen molar-refractivity contribution in [2.45, 2.75) is 13.0 Å². The van der Waals surface area contributed by atoms with Crippen LogP contribution in [0.15, 0.2) is 21.3 Å². The molecule has 5 heteroatoms. The molecule has 1 aromatic heterocycles. The van der Waals surface area contributed by atoms with Gasteiger partial charge in [0.2, 0.25) is 5.91 Å². The van der Waals surface area contributed by atoms with Crippen LogP contribution < -0.4 is 0 Å². The molecule has 1 amide bonds. The molecule has 0 N–H and O–H groups in total. The smallest absolute Gasteiger partial charge is 0.246 e. The van der Waals surface area contributed by atoms with Gasteiger partial charge in [0.15, 0.2) is 0 Å². The van der Waals surface area contributed by atoms with Gasteiger partial charge in [0, 0.05) is 12.6 Å². The Hall–Kier alpha value is -0.650. The highest BCUT2D eigenvalue weighted by molar-refractivity contribution is 9.11. The van der Waals surface area contributed by atoms with Crippen LogP contribution in [0.4, 0.5) is 0 Å². The molecule has 1 aliphatic rings. The maximum absolute atomic E-state index is 12.0. The average molecular weight is 316 g/mol. The van der Waals surface area contributed by atoms with E-state index in [9.17, 15) is 4.79 Å². The van der Waals surface area contributed by atoms with Crippen molar-refractivity contribution in [3.63, 3.8) is 0 Å². The molecule has 0 bridgehead atoms. The van der Waals surface area contributed by atoms with Gasteiger partial charge in [0.25, 0.3) is 0 Å². The summed E-state index contributed by atoms with van der Waals surface area (Å²) in [4.78, 5) is 13.8. The maximum atomic E-state index is 12.0. The Morgan fingerprint density at radius 2 is 2.53 bits per heavy atom. The number of thiophene rings is 1. The van der Waals surface area contributed by atoms with Crippen molar-refractivity contribution in [1.29, 1.82) is 0 Å². The van der Waals surface area contributed by atoms with Crippen molar-refractivity contribution < 1.29 is 9.53 Å². The molecular formula is C12H14BrNO2S. The molecule has 1 atom stereocenters. The number of carbonyl (C=O) groups is 1. The summed E-state index contributed by atoms with van der Waals surface area (Å²) in [6, 6.07) is 2.16. The molecule has 1 aromatic rings. The van der Waals surface area contributed by atoms with Crippen molar-refractivity contribution in [2.24, 2.45) is 0 Å². The van der Waals surface area contributed by atoms with Gasteiger partial charge in [-0.15, -0.1) is 11.3 Å². The molecule has 0 aromatic carbocycles. The average Bonchev–Trinajstić information content (AvgIpc) is 2.73. The second-order valence-corrected chi connectivity index (χ2v) is 6.26. The van der Waals surface area contributed by atoms with Crippen LogP contribution in [-0.2, 0) is 9.53 Å². The van der Waals surface area contributed by atoms with Crippen molar-refractivity contribution in [3.05, 3.63) is 26.9 Å². The van der Waals surface area contributed by atoms with E-state index in [1.807, 2.05) is 29.3 Å². The number of morpholine rings is 1. The first-order chi connectivity index (χ1) is 8.16. The van der Waals surface area contributed by atoms with Gasteiger partial charge in [-0.25, -0.2) is 0 Å². The molecule has 2 heterocycles. The molecular weight excluding hydrogens is 302 g/mol. The van der Waals surface area contributed by atoms with E-state index in [-0.39, 0.29) is 11.9 Å². The fourth-order valence-corrected chi connectivity index (χ4v) is 2.87. The van der Waals surface area contributed by atoms with E-state index in [0.29, 0.717) is 19.8 Å². The molecule has 1 fully saturated rings. The fraction of sp³-hybridized carbons (Fsp3) is 0.417. The van der Waals surface area contributed by atoms with E-state index >= 15 is 0 Å². The molecule has 3 nitrogen and oxygen atoms in total. The summed E-state index contributed by atoms with van der Waals surface area (Å²) in [5.74, 6) is 0.0584. The standard InChI is InChI=1S/C12H14BrNO2S/c1-9-7-16-5-4-14(9)12(15)3-2-10-6-11(13)17-8-10/h2-3,6,8-9H,4-5,7H2,1H3/b3-2-/t9-/m1/s1. The molecule has 92 valence electrons. The van der Waals surface area contributed by atoms with Crippen LogP contribution in [0.2, 0.25) is 0 Å². The Balaban J connectivity index is 1.98. The van der Waals surface area contributed by atoms with Gasteiger partial charge in [-0.3, -0.25) is 4.79 Å². The van der Waals surface area contributed by atoms with E-state index in [2.05, 4.69) is 15.9 Å². The molecule has 0 unspecified atom stereocenters. The lowest BCUT2D eigenvalue weighted by Crippen LogP contribution is -2.46. The van der Waals surface area contributed by atoms with Gasteiger partial charge in [0.1, 0.15) is 0 Å². The van der Waals surface area contributed by atoms with Gasteiger partial charge >= 0.3 is 0 Å². The Morgan fingerprint density at radius 1 is 1.71 bits per heavy atom. The van der Waals surface area contributed by atoms with Crippen LogP contribution in [0.5, 0.6) is 0 Å². The Morgan fingerprint density at radius 3 is 3.18 bits per heavy atom. The van der Waals surface area contributed by atoms with Crippen LogP contribution in [0.3, 0.4) is 0 Å². The van der Waals surface area contributed by atoms with E-state index < -0.39 is 0 Å². The minimum absolute atomic E-state index is 0.0584. The minimum atomic E-state index is 0.0584. The molecule has 1 saturated heterocycles. The zero-order valence-electron chi connectivity index (χ0n) is 9.56. The second kappa shape index (κ2) is 5.80. The maximum Gasteiger partial charge on any atom is 0.246 e. The molecule has 0 saturated carbocycles. The molecule has 17 heavy (non-hydrogen) atoms. The Kier molecular flexibility index (Phi) is 4.36. The number of amides is 1. The first kappa shape index (κ1) is 12.8. The second-order valence-electron chi connectivity index (χ2n) is 3.97. The van der Waals surface area contributed by atoms with E-state index in [4.69, 9.17) is 4.74 Å². The molecule has 0 spiro atoms. The lowest BCUT2D eigenvalue weighted by atomic mass is 10.2. The topological polar surface area (TPSA) is 29.5 Å². The lowest BCUT2D eigenvalue weighted by Gasteiger charge is -2.32. The van der Waals surface area contributed by atoms with Crippen molar-refractivity contribution in [3.8, 4) is 0 Å². The number of hydrogen-bond acceptors (Lipinski definition) is 3. The number of rotatable bonds is 2. The van der Waals surface area contributed by atoms with E-state index in [1.165, 1.54) is 0 Å². The van der Waals surface area contributed by atoms with Crippen molar-refractivity contribution in [1.82, 2.24) is 4.90 Å². The third kappa shape index (κ3) is 3.40. The first-order valence-corrected chi connectivity index (χ1v) is 7.14. The van der Waals surface area contributed by atoms with E-state index in [0.717, 1.165) is 9.35 Å². The number of carbonyl (C=O) groups excluding carboxylic acids is 1. The summed E-state index contributed by atoms with van der Waals surface area (Å²) in [7, 11) is 0. The summed E-state index contributed by atoms with van der Waals surface area (Å²) in [6.45, 7) is 3.95. The monoisotopic (exact) mass is 315 g/mol. The highest BCUT2D eigenvalue weighted by Crippen LogP contribution is 2.21. The Bertz CT molecular complexity index is 430. The summed E-state index contributed by atoms with van der Waals surface area (Å²) < 4.78 is 6.38. The highest BCUT2D eigenvalue weighted by atomic mass is 79.9. The van der Waals surface area contributed by atoms with Crippen LogP contribution in [-0.4, -0.2) is 36.6 Å². The number of ether oxygens (including phenoxy) is 1. The lowest BCUT2D eigenvalue weighted by molar-refractivity contribution is -0.133. The van der Waals surface area contributed by atoms with Gasteiger partial charge in [-0.1, -0.05) is 0 Å². The van der Waals surface area contributed by atoms with Crippen LogP contribution in [0.1, 0.15) is 12.5 Å². The minimum Gasteiger partial charge on any atom is -0.377 e. The fourth-order valence-electron chi connectivity index (χ4n) is 1.73. The SMILES string of the molecule is C[C@@H]1COCCN1C(=O)/C=C\c1csc(Br)c1. The first-order valence-electron chi connectivity index (χ1n) is 5.47. The molecule has 0 radical (unpaired) electrons. The number of halogens is 1. The van der Waals surface area contributed by atoms with Crippen molar-refractivity contribution in [2.75, 3.05) is 19.8 Å². The third-order valence-electron chi connectivity index (χ3n) is 2.66. The number of nitrogens with zero attached hydrogens (tertiary/aromatic N) is 1. The van der Waals surface area contributed by atoms with Gasteiger partial charge in [-0.2, -0.15) is 0 Å². The van der Waals surface area contributed by atoms with Crippen molar-refractivity contribution >= 4 is 39.2 Å². The zero-order chi connectivity index (χ0) is 12.3. The molecule has 1 aliphatic heterocycles. The van der Waals surface area contributed by atoms with Gasteiger partial charge in [0.05, 0.1) is 23.0 Å². The predicted octanol–water partition coefficient (Wildman–Crippen LogP) is 2.77. The van der Waals surface area contributed by atoms with Crippen LogP contribution in [0, 0.1) is 0 Å². The van der Waals surface area contributed by atoms with E-state index in [1.54, 1.807) is 17.4 Å². The largest absolute Gasteiger partial charge is 0.377 e. The van der Waals surface area contributed by atoms with Crippen LogP contribution in [0.25, 0.3) is 6.08 Å². The summed E-state index contributed by atoms with van der Waals surface area (Å²) in [6.07, 6.45) is 3.49. The summed E-state index contributed by atoms with van der Waals surface area (Å²) in [5.41, 5.74) is 1.05. The number of hydrogen-bond donors (Lipinski definition) is 0. The molecule has 0 aliphatic carbocycles. The summed E-state index contributed by atoms with van der Waals surface area (Å²) >= 11 is 5.01. The predicted molar refractivity (Wildman–Crippen MR) is 73.0 cm³/mol. The Labute approximate surface area is 113 Å². The van der Waals surface area contributed by atoms with Gasteiger partial charge < -0.3 is 9.64 Å². The van der Waals surface area contributed by atoms with Gasteiger partial charge in [-0.05, 0) is 45.9 Å². The summed E-state index contributed by atoms with van der Waals surface area (Å²) in [5, 5.41) is 2.01. The highest BCUT2D eigenvalue weighted by Gasteiger charge is 2.21. The third-order valence-corrected chi connectivity index (χ3v) is 4.18. The quantitative estimate of drug-likeness (QED) is 0.785. The van der Waals surface area contributed by atoms with Crippen LogP contribution >= 0.6 is 27.3 Å². The normalized spacial score (nSPS) is 21.1. The zero-order valence-corrected chi connectivity index (χ0v) is 12.0.